The minimum absolute atomic E-state index is 0.0726. The van der Waals surface area contributed by atoms with Gasteiger partial charge in [0.15, 0.2) is 0 Å². The first-order chi connectivity index (χ1) is 11.0. The van der Waals surface area contributed by atoms with E-state index in [9.17, 15) is 9.59 Å². The number of amides is 2. The summed E-state index contributed by atoms with van der Waals surface area (Å²) in [4.78, 5) is 26.0. The molecule has 2 aromatic rings. The normalized spacial score (nSPS) is 14.4. The molecule has 0 atom stereocenters. The van der Waals surface area contributed by atoms with Gasteiger partial charge >= 0.3 is 0 Å². The summed E-state index contributed by atoms with van der Waals surface area (Å²) in [6.45, 7) is 4.67. The van der Waals surface area contributed by atoms with Crippen molar-refractivity contribution in [2.45, 2.75) is 12.5 Å². The largest absolute Gasteiger partial charge is 0.335 e. The first kappa shape index (κ1) is 15.8. The van der Waals surface area contributed by atoms with Crippen LogP contribution < -0.4 is 5.32 Å². The van der Waals surface area contributed by atoms with Gasteiger partial charge in [-0.15, -0.1) is 11.3 Å². The summed E-state index contributed by atoms with van der Waals surface area (Å²) in [5.74, 6) is -0.184. The van der Waals surface area contributed by atoms with Gasteiger partial charge in [-0.1, -0.05) is 18.2 Å². The Morgan fingerprint density at radius 1 is 1.48 bits per heavy atom. The number of nitrogens with zero attached hydrogens (tertiary/aromatic N) is 3. The third-order valence-electron chi connectivity index (χ3n) is 3.57. The topological polar surface area (TPSA) is 67.2 Å². The third kappa shape index (κ3) is 3.62. The highest BCUT2D eigenvalue weighted by atomic mass is 35.5. The average Bonchev–Trinajstić information content (AvgIpc) is 3.06. The van der Waals surface area contributed by atoms with E-state index >= 15 is 0 Å². The van der Waals surface area contributed by atoms with Crippen molar-refractivity contribution in [3.05, 3.63) is 46.4 Å². The molecule has 1 fully saturated rings. The van der Waals surface area contributed by atoms with Crippen molar-refractivity contribution in [3.8, 4) is 0 Å². The highest BCUT2D eigenvalue weighted by molar-refractivity contribution is 7.16. The standard InChI is InChI=1S/C15H15ClN4O2S/c1-2-15(22)19-8-11(9-19)20-7-10(6-17-20)18-14(21)5-12-3-4-13(16)23-12/h2-4,6-7,11H,1,5,8-9H2,(H,18,21). The second-order valence-corrected chi connectivity index (χ2v) is 7.04. The van der Waals surface area contributed by atoms with E-state index in [4.69, 9.17) is 11.6 Å². The van der Waals surface area contributed by atoms with Gasteiger partial charge in [0.2, 0.25) is 11.8 Å². The van der Waals surface area contributed by atoms with Gasteiger partial charge in [0.25, 0.3) is 0 Å². The minimum atomic E-state index is -0.111. The Morgan fingerprint density at radius 2 is 2.26 bits per heavy atom. The zero-order valence-corrected chi connectivity index (χ0v) is 13.8. The lowest BCUT2D eigenvalue weighted by atomic mass is 10.1. The molecule has 0 unspecified atom stereocenters. The number of rotatable bonds is 5. The Kier molecular flexibility index (Phi) is 4.49. The van der Waals surface area contributed by atoms with E-state index in [0.717, 1.165) is 4.88 Å². The van der Waals surface area contributed by atoms with Crippen LogP contribution in [0, 0.1) is 0 Å². The van der Waals surface area contributed by atoms with Gasteiger partial charge in [0.05, 0.1) is 28.7 Å². The van der Waals surface area contributed by atoms with Gasteiger partial charge < -0.3 is 10.2 Å². The molecule has 1 aliphatic rings. The van der Waals surface area contributed by atoms with Crippen molar-refractivity contribution in [2.24, 2.45) is 0 Å². The first-order valence-electron chi connectivity index (χ1n) is 7.04. The van der Waals surface area contributed by atoms with Crippen molar-refractivity contribution < 1.29 is 9.59 Å². The molecular weight excluding hydrogens is 336 g/mol. The van der Waals surface area contributed by atoms with Crippen molar-refractivity contribution in [3.63, 3.8) is 0 Å². The van der Waals surface area contributed by atoms with Crippen molar-refractivity contribution in [1.29, 1.82) is 0 Å². The number of nitrogens with one attached hydrogen (secondary N) is 1. The minimum Gasteiger partial charge on any atom is -0.335 e. The molecule has 0 aliphatic carbocycles. The number of aromatic nitrogens is 2. The zero-order chi connectivity index (χ0) is 16.4. The van der Waals surface area contributed by atoms with E-state index in [2.05, 4.69) is 17.0 Å². The maximum absolute atomic E-state index is 12.0. The number of anilines is 1. The molecule has 1 aliphatic heterocycles. The molecule has 0 spiro atoms. The van der Waals surface area contributed by atoms with Crippen molar-refractivity contribution in [1.82, 2.24) is 14.7 Å². The lowest BCUT2D eigenvalue weighted by Gasteiger charge is -2.38. The van der Waals surface area contributed by atoms with Gasteiger partial charge in [-0.3, -0.25) is 14.3 Å². The summed E-state index contributed by atoms with van der Waals surface area (Å²) in [5, 5.41) is 7.05. The number of carbonyl (C=O) groups excluding carboxylic acids is 2. The van der Waals surface area contributed by atoms with Gasteiger partial charge in [-0.2, -0.15) is 5.10 Å². The molecule has 0 saturated carbocycles. The molecule has 8 heteroatoms. The lowest BCUT2D eigenvalue weighted by molar-refractivity contribution is -0.131. The summed E-state index contributed by atoms with van der Waals surface area (Å²) in [7, 11) is 0. The maximum atomic E-state index is 12.0. The SMILES string of the molecule is C=CC(=O)N1CC(n2cc(NC(=O)Cc3ccc(Cl)s3)cn2)C1. The van der Waals surface area contributed by atoms with Crippen molar-refractivity contribution >= 4 is 40.4 Å². The number of hydrogen-bond donors (Lipinski definition) is 1. The van der Waals surface area contributed by atoms with Crippen LogP contribution in [0.1, 0.15) is 10.9 Å². The van der Waals surface area contributed by atoms with Gasteiger partial charge in [-0.05, 0) is 18.2 Å². The fourth-order valence-corrected chi connectivity index (χ4v) is 3.43. The molecule has 2 amide bonds. The Labute approximate surface area is 142 Å². The molecular formula is C15H15ClN4O2S. The van der Waals surface area contributed by atoms with Crippen molar-refractivity contribution in [2.75, 3.05) is 18.4 Å². The molecule has 3 rings (SSSR count). The molecule has 6 nitrogen and oxygen atoms in total. The smallest absolute Gasteiger partial charge is 0.246 e. The predicted octanol–water partition coefficient (Wildman–Crippen LogP) is 2.35. The highest BCUT2D eigenvalue weighted by Gasteiger charge is 2.31. The summed E-state index contributed by atoms with van der Waals surface area (Å²) in [6, 6.07) is 3.76. The number of carbonyl (C=O) groups is 2. The van der Waals surface area contributed by atoms with Crippen LogP contribution in [0.5, 0.6) is 0 Å². The summed E-state index contributed by atoms with van der Waals surface area (Å²) >= 11 is 7.24. The van der Waals surface area contributed by atoms with Crippen LogP contribution in [0.25, 0.3) is 0 Å². The molecule has 23 heavy (non-hydrogen) atoms. The molecule has 0 bridgehead atoms. The van der Waals surface area contributed by atoms with Gasteiger partial charge in [0, 0.05) is 24.2 Å². The van der Waals surface area contributed by atoms with E-state index < -0.39 is 0 Å². The molecule has 120 valence electrons. The Balaban J connectivity index is 1.52. The van der Waals surface area contributed by atoms with E-state index in [-0.39, 0.29) is 24.3 Å². The number of likely N-dealkylation sites (tertiary alicyclic amines) is 1. The van der Waals surface area contributed by atoms with Gasteiger partial charge in [0.1, 0.15) is 0 Å². The van der Waals surface area contributed by atoms with Crippen LogP contribution in [0.2, 0.25) is 4.34 Å². The van der Waals surface area contributed by atoms with Crippen LogP contribution in [0.15, 0.2) is 37.2 Å². The molecule has 0 aromatic carbocycles. The molecule has 3 heterocycles. The first-order valence-corrected chi connectivity index (χ1v) is 8.24. The summed E-state index contributed by atoms with van der Waals surface area (Å²) in [5.41, 5.74) is 0.645. The van der Waals surface area contributed by atoms with Crippen LogP contribution in [0.4, 0.5) is 5.69 Å². The lowest BCUT2D eigenvalue weighted by Crippen LogP contribution is -2.50. The summed E-state index contributed by atoms with van der Waals surface area (Å²) in [6.07, 6.45) is 4.98. The van der Waals surface area contributed by atoms with E-state index in [1.54, 1.807) is 28.0 Å². The molecule has 1 N–H and O–H groups in total. The zero-order valence-electron chi connectivity index (χ0n) is 12.2. The van der Waals surface area contributed by atoms with Crippen LogP contribution in [-0.2, 0) is 16.0 Å². The van der Waals surface area contributed by atoms with E-state index in [1.165, 1.54) is 17.4 Å². The van der Waals surface area contributed by atoms with Crippen LogP contribution in [-0.4, -0.2) is 39.6 Å². The Bertz CT molecular complexity index is 748. The predicted molar refractivity (Wildman–Crippen MR) is 89.7 cm³/mol. The fourth-order valence-electron chi connectivity index (χ4n) is 2.34. The Hall–Kier alpha value is -2.12. The van der Waals surface area contributed by atoms with Gasteiger partial charge in [-0.25, -0.2) is 0 Å². The third-order valence-corrected chi connectivity index (χ3v) is 4.80. The summed E-state index contributed by atoms with van der Waals surface area (Å²) < 4.78 is 2.44. The van der Waals surface area contributed by atoms with Crippen LogP contribution >= 0.6 is 22.9 Å². The average molecular weight is 351 g/mol. The second-order valence-electron chi connectivity index (χ2n) is 5.24. The molecule has 0 radical (unpaired) electrons. The highest BCUT2D eigenvalue weighted by Crippen LogP contribution is 2.23. The quantitative estimate of drug-likeness (QED) is 0.842. The maximum Gasteiger partial charge on any atom is 0.246 e. The number of thiophene rings is 1. The second kappa shape index (κ2) is 6.55. The Morgan fingerprint density at radius 3 is 2.91 bits per heavy atom. The van der Waals surface area contributed by atoms with Crippen LogP contribution in [0.3, 0.4) is 0 Å². The fraction of sp³-hybridized carbons (Fsp3) is 0.267. The monoisotopic (exact) mass is 350 g/mol. The number of hydrogen-bond acceptors (Lipinski definition) is 4. The molecule has 2 aromatic heterocycles. The molecule has 1 saturated heterocycles. The number of halogens is 1. The van der Waals surface area contributed by atoms with E-state index in [0.29, 0.717) is 23.1 Å². The van der Waals surface area contributed by atoms with E-state index in [1.807, 2.05) is 6.07 Å².